The third-order valence-electron chi connectivity index (χ3n) is 4.50. The largest absolute Gasteiger partial charge is 0.497 e. The average molecular weight is 423 g/mol. The molecule has 1 aliphatic heterocycles. The number of nitrogens with zero attached hydrogens (tertiary/aromatic N) is 2. The van der Waals surface area contributed by atoms with Crippen molar-refractivity contribution in [1.29, 1.82) is 0 Å². The first kappa shape index (κ1) is 20.4. The van der Waals surface area contributed by atoms with Gasteiger partial charge in [-0.25, -0.2) is 8.42 Å². The third-order valence-corrected chi connectivity index (χ3v) is 7.12. The van der Waals surface area contributed by atoms with Gasteiger partial charge in [-0.2, -0.15) is 15.6 Å². The summed E-state index contributed by atoms with van der Waals surface area (Å²) in [6.07, 6.45) is 3.29. The predicted molar refractivity (Wildman–Crippen MR) is 108 cm³/mol. The third kappa shape index (κ3) is 4.37. The number of methoxy groups -OCH3 is 2. The van der Waals surface area contributed by atoms with Crippen molar-refractivity contribution in [1.82, 2.24) is 9.21 Å². The van der Waals surface area contributed by atoms with Gasteiger partial charge in [0.25, 0.3) is 0 Å². The van der Waals surface area contributed by atoms with Crippen molar-refractivity contribution in [2.75, 3.05) is 40.4 Å². The summed E-state index contributed by atoms with van der Waals surface area (Å²) < 4.78 is 37.9. The van der Waals surface area contributed by atoms with Gasteiger partial charge < -0.3 is 14.4 Å². The van der Waals surface area contributed by atoms with E-state index in [1.807, 2.05) is 16.8 Å². The van der Waals surface area contributed by atoms with Gasteiger partial charge >= 0.3 is 0 Å². The first-order valence-electron chi connectivity index (χ1n) is 8.67. The fourth-order valence-electron chi connectivity index (χ4n) is 2.92. The number of rotatable bonds is 6. The fraction of sp³-hybridized carbons (Fsp3) is 0.316. The van der Waals surface area contributed by atoms with E-state index >= 15 is 0 Å². The lowest BCUT2D eigenvalue weighted by Crippen LogP contribution is -2.50. The van der Waals surface area contributed by atoms with Gasteiger partial charge in [-0.15, -0.1) is 0 Å². The number of benzene rings is 1. The molecule has 0 spiro atoms. The molecule has 2 aromatic rings. The molecule has 9 heteroatoms. The summed E-state index contributed by atoms with van der Waals surface area (Å²) in [7, 11) is -0.854. The van der Waals surface area contributed by atoms with Crippen LogP contribution < -0.4 is 9.47 Å². The molecular weight excluding hydrogens is 400 g/mol. The van der Waals surface area contributed by atoms with Crippen molar-refractivity contribution in [3.63, 3.8) is 0 Å². The monoisotopic (exact) mass is 422 g/mol. The van der Waals surface area contributed by atoms with Gasteiger partial charge in [-0.05, 0) is 40.6 Å². The lowest BCUT2D eigenvalue weighted by atomic mass is 10.3. The number of ether oxygens (including phenoxy) is 2. The molecule has 2 heterocycles. The Labute approximate surface area is 168 Å². The Morgan fingerprint density at radius 2 is 1.86 bits per heavy atom. The van der Waals surface area contributed by atoms with E-state index in [2.05, 4.69) is 0 Å². The van der Waals surface area contributed by atoms with Gasteiger partial charge in [0.1, 0.15) is 16.4 Å². The number of hydrogen-bond donors (Lipinski definition) is 0. The second kappa shape index (κ2) is 8.76. The minimum Gasteiger partial charge on any atom is -0.497 e. The summed E-state index contributed by atoms with van der Waals surface area (Å²) in [5.41, 5.74) is 0.977. The average Bonchev–Trinajstić information content (AvgIpc) is 3.25. The van der Waals surface area contributed by atoms with Crippen LogP contribution in [0.5, 0.6) is 11.5 Å². The molecule has 1 aromatic heterocycles. The summed E-state index contributed by atoms with van der Waals surface area (Å²) in [5, 5.41) is 3.90. The van der Waals surface area contributed by atoms with E-state index in [0.29, 0.717) is 18.8 Å². The van der Waals surface area contributed by atoms with Crippen LogP contribution in [0, 0.1) is 0 Å². The molecule has 0 atom stereocenters. The summed E-state index contributed by atoms with van der Waals surface area (Å²) in [6, 6.07) is 6.60. The Hall–Kier alpha value is -2.36. The topological polar surface area (TPSA) is 76.2 Å². The van der Waals surface area contributed by atoms with E-state index < -0.39 is 10.0 Å². The zero-order chi connectivity index (χ0) is 20.1. The fourth-order valence-corrected chi connectivity index (χ4v) is 5.14. The van der Waals surface area contributed by atoms with E-state index in [1.165, 1.54) is 30.7 Å². The van der Waals surface area contributed by atoms with Gasteiger partial charge in [-0.1, -0.05) is 0 Å². The molecule has 0 radical (unpaired) electrons. The SMILES string of the molecule is COc1ccc(OC)c(S(=O)(=O)N2CCN(C(=O)C=Cc3ccsc3)CC2)c1. The smallest absolute Gasteiger partial charge is 0.247 e. The van der Waals surface area contributed by atoms with Crippen LogP contribution in [0.3, 0.4) is 0 Å². The van der Waals surface area contributed by atoms with Crippen LogP contribution in [0.15, 0.2) is 46.0 Å². The molecule has 1 aromatic carbocycles. The molecule has 1 amide bonds. The molecule has 3 rings (SSSR count). The molecule has 1 saturated heterocycles. The molecule has 1 fully saturated rings. The summed E-state index contributed by atoms with van der Waals surface area (Å²) in [5.74, 6) is 0.576. The number of carbonyl (C=O) groups is 1. The van der Waals surface area contributed by atoms with Crippen LogP contribution in [0.4, 0.5) is 0 Å². The minimum atomic E-state index is -3.76. The molecule has 0 saturated carbocycles. The van der Waals surface area contributed by atoms with Gasteiger partial charge in [0.2, 0.25) is 15.9 Å². The van der Waals surface area contributed by atoms with Crippen molar-refractivity contribution < 1.29 is 22.7 Å². The molecule has 1 aliphatic rings. The van der Waals surface area contributed by atoms with E-state index in [-0.39, 0.29) is 29.6 Å². The highest BCUT2D eigenvalue weighted by Gasteiger charge is 2.32. The molecule has 150 valence electrons. The van der Waals surface area contributed by atoms with Crippen molar-refractivity contribution >= 4 is 33.3 Å². The molecule has 0 N–H and O–H groups in total. The maximum absolute atomic E-state index is 13.1. The second-order valence-electron chi connectivity index (χ2n) is 6.14. The Morgan fingerprint density at radius 1 is 1.11 bits per heavy atom. The zero-order valence-corrected chi connectivity index (χ0v) is 17.3. The van der Waals surface area contributed by atoms with Crippen molar-refractivity contribution in [3.8, 4) is 11.5 Å². The maximum atomic E-state index is 13.1. The van der Waals surface area contributed by atoms with Crippen molar-refractivity contribution in [3.05, 3.63) is 46.7 Å². The van der Waals surface area contributed by atoms with Crippen LogP contribution in [-0.2, 0) is 14.8 Å². The number of hydrogen-bond acceptors (Lipinski definition) is 6. The molecule has 0 unspecified atom stereocenters. The van der Waals surface area contributed by atoms with Crippen LogP contribution in [0.1, 0.15) is 5.56 Å². The van der Waals surface area contributed by atoms with Crippen LogP contribution >= 0.6 is 11.3 Å². The molecule has 0 aliphatic carbocycles. The summed E-state index contributed by atoms with van der Waals surface area (Å²) in [4.78, 5) is 14.1. The van der Waals surface area contributed by atoms with E-state index in [4.69, 9.17) is 9.47 Å². The van der Waals surface area contributed by atoms with Crippen LogP contribution in [0.25, 0.3) is 6.08 Å². The van der Waals surface area contributed by atoms with Crippen LogP contribution in [-0.4, -0.2) is 63.9 Å². The molecule has 0 bridgehead atoms. The van der Waals surface area contributed by atoms with E-state index in [1.54, 1.807) is 34.4 Å². The number of thiophene rings is 1. The highest BCUT2D eigenvalue weighted by atomic mass is 32.2. The Balaban J connectivity index is 1.69. The predicted octanol–water partition coefficient (Wildman–Crippen LogP) is 2.31. The van der Waals surface area contributed by atoms with E-state index in [9.17, 15) is 13.2 Å². The summed E-state index contributed by atoms with van der Waals surface area (Å²) >= 11 is 1.56. The quantitative estimate of drug-likeness (QED) is 0.668. The standard InChI is InChI=1S/C19H22N2O5S2/c1-25-16-4-5-17(26-2)18(13-16)28(23,24)21-10-8-20(9-11-21)19(22)6-3-15-7-12-27-14-15/h3-7,12-14H,8-11H2,1-2H3. The first-order valence-corrected chi connectivity index (χ1v) is 11.1. The normalized spacial score (nSPS) is 15.7. The number of amides is 1. The number of carbonyl (C=O) groups excluding carboxylic acids is 1. The van der Waals surface area contributed by atoms with Gasteiger partial charge in [-0.3, -0.25) is 4.79 Å². The summed E-state index contributed by atoms with van der Waals surface area (Å²) in [6.45, 7) is 1.11. The zero-order valence-electron chi connectivity index (χ0n) is 15.7. The Morgan fingerprint density at radius 3 is 2.46 bits per heavy atom. The highest BCUT2D eigenvalue weighted by Crippen LogP contribution is 2.31. The lowest BCUT2D eigenvalue weighted by molar-refractivity contribution is -0.127. The first-order chi connectivity index (χ1) is 13.5. The van der Waals surface area contributed by atoms with Gasteiger partial charge in [0.05, 0.1) is 14.2 Å². The second-order valence-corrected chi connectivity index (χ2v) is 8.82. The molecule has 28 heavy (non-hydrogen) atoms. The van der Waals surface area contributed by atoms with Crippen LogP contribution in [0.2, 0.25) is 0 Å². The number of piperazine rings is 1. The maximum Gasteiger partial charge on any atom is 0.247 e. The van der Waals surface area contributed by atoms with Gasteiger partial charge in [0, 0.05) is 38.3 Å². The van der Waals surface area contributed by atoms with Gasteiger partial charge in [0.15, 0.2) is 0 Å². The Bertz CT molecular complexity index is 947. The highest BCUT2D eigenvalue weighted by molar-refractivity contribution is 7.89. The van der Waals surface area contributed by atoms with Crippen molar-refractivity contribution in [2.45, 2.75) is 4.90 Å². The lowest BCUT2D eigenvalue weighted by Gasteiger charge is -2.33. The van der Waals surface area contributed by atoms with Crippen molar-refractivity contribution in [2.24, 2.45) is 0 Å². The molecule has 7 nitrogen and oxygen atoms in total. The number of sulfonamides is 1. The minimum absolute atomic E-state index is 0.0616. The Kier molecular flexibility index (Phi) is 6.38. The molecular formula is C19H22N2O5S2. The van der Waals surface area contributed by atoms with E-state index in [0.717, 1.165) is 5.56 Å².